The number of carbonyl (C=O) groups is 1. The molecule has 0 fully saturated rings. The SMILES string of the molecule is Cc1ccc(S(=O)(=O)NCCNC(=O)c2nnn(-c3ccc(F)cc3)c2C(F)(F)F)cc1. The number of nitrogens with zero attached hydrogens (tertiary/aromatic N) is 3. The van der Waals surface area contributed by atoms with E-state index in [0.29, 0.717) is 4.68 Å². The monoisotopic (exact) mass is 471 g/mol. The van der Waals surface area contributed by atoms with Crippen LogP contribution in [-0.2, 0) is 16.2 Å². The van der Waals surface area contributed by atoms with Gasteiger partial charge >= 0.3 is 6.18 Å². The Bertz CT molecular complexity index is 1210. The third-order valence-electron chi connectivity index (χ3n) is 4.26. The Hall–Kier alpha value is -3.32. The Morgan fingerprint density at radius 1 is 1.03 bits per heavy atom. The molecule has 0 unspecified atom stereocenters. The van der Waals surface area contributed by atoms with Crippen LogP contribution < -0.4 is 10.0 Å². The van der Waals surface area contributed by atoms with E-state index in [1.165, 1.54) is 12.1 Å². The van der Waals surface area contributed by atoms with Crippen LogP contribution >= 0.6 is 0 Å². The van der Waals surface area contributed by atoms with Crippen molar-refractivity contribution in [3.05, 3.63) is 71.3 Å². The van der Waals surface area contributed by atoms with Crippen molar-refractivity contribution in [3.8, 4) is 5.69 Å². The molecular formula is C19H17F4N5O3S. The fourth-order valence-electron chi connectivity index (χ4n) is 2.70. The van der Waals surface area contributed by atoms with Crippen molar-refractivity contribution in [2.45, 2.75) is 18.0 Å². The van der Waals surface area contributed by atoms with Crippen molar-refractivity contribution in [1.29, 1.82) is 0 Å². The molecule has 0 aliphatic carbocycles. The Morgan fingerprint density at radius 3 is 2.25 bits per heavy atom. The Balaban J connectivity index is 1.70. The molecule has 1 heterocycles. The number of hydrogen-bond acceptors (Lipinski definition) is 5. The molecule has 1 amide bonds. The quantitative estimate of drug-likeness (QED) is 0.407. The van der Waals surface area contributed by atoms with Crippen molar-refractivity contribution >= 4 is 15.9 Å². The lowest BCUT2D eigenvalue weighted by molar-refractivity contribution is -0.143. The highest BCUT2D eigenvalue weighted by Gasteiger charge is 2.42. The highest BCUT2D eigenvalue weighted by molar-refractivity contribution is 7.89. The zero-order valence-corrected chi connectivity index (χ0v) is 17.3. The van der Waals surface area contributed by atoms with E-state index in [1.54, 1.807) is 19.1 Å². The van der Waals surface area contributed by atoms with Gasteiger partial charge in [0.15, 0.2) is 11.4 Å². The van der Waals surface area contributed by atoms with Crippen LogP contribution in [0.3, 0.4) is 0 Å². The molecule has 1 aromatic heterocycles. The number of amides is 1. The van der Waals surface area contributed by atoms with Crippen LogP contribution in [0.15, 0.2) is 53.4 Å². The third-order valence-corrected chi connectivity index (χ3v) is 5.74. The minimum atomic E-state index is -4.99. The second kappa shape index (κ2) is 9.04. The van der Waals surface area contributed by atoms with Gasteiger partial charge in [0.25, 0.3) is 5.91 Å². The Labute approximate surface area is 180 Å². The maximum absolute atomic E-state index is 13.6. The minimum absolute atomic E-state index is 0.0102. The summed E-state index contributed by atoms with van der Waals surface area (Å²) in [7, 11) is -3.85. The zero-order valence-electron chi connectivity index (χ0n) is 16.5. The lowest BCUT2D eigenvalue weighted by Gasteiger charge is -2.11. The van der Waals surface area contributed by atoms with Crippen LogP contribution in [0.1, 0.15) is 21.7 Å². The van der Waals surface area contributed by atoms with E-state index in [1.807, 2.05) is 0 Å². The van der Waals surface area contributed by atoms with E-state index in [-0.39, 0.29) is 23.7 Å². The normalized spacial score (nSPS) is 12.0. The largest absolute Gasteiger partial charge is 0.435 e. The van der Waals surface area contributed by atoms with E-state index < -0.39 is 39.3 Å². The fourth-order valence-corrected chi connectivity index (χ4v) is 3.73. The van der Waals surface area contributed by atoms with Crippen molar-refractivity contribution in [3.63, 3.8) is 0 Å². The summed E-state index contributed by atoms with van der Waals surface area (Å²) in [5.41, 5.74) is -1.72. The Kier molecular flexibility index (Phi) is 6.60. The molecule has 0 saturated carbocycles. The number of carbonyl (C=O) groups excluding carboxylic acids is 1. The number of halogens is 4. The first kappa shape index (κ1) is 23.3. The van der Waals surface area contributed by atoms with Crippen LogP contribution in [-0.4, -0.2) is 42.4 Å². The van der Waals surface area contributed by atoms with Crippen LogP contribution in [0.4, 0.5) is 17.6 Å². The van der Waals surface area contributed by atoms with Crippen LogP contribution in [0, 0.1) is 12.7 Å². The Morgan fingerprint density at radius 2 is 1.66 bits per heavy atom. The molecule has 13 heteroatoms. The number of aromatic nitrogens is 3. The second-order valence-corrected chi connectivity index (χ2v) is 8.41. The summed E-state index contributed by atoms with van der Waals surface area (Å²) in [4.78, 5) is 12.3. The lowest BCUT2D eigenvalue weighted by Crippen LogP contribution is -2.35. The maximum atomic E-state index is 13.6. The van der Waals surface area contributed by atoms with E-state index in [0.717, 1.165) is 29.8 Å². The summed E-state index contributed by atoms with van der Waals surface area (Å²) < 4.78 is 80.8. The summed E-state index contributed by atoms with van der Waals surface area (Å²) in [6.07, 6.45) is -4.99. The highest BCUT2D eigenvalue weighted by Crippen LogP contribution is 2.32. The molecule has 0 bridgehead atoms. The molecule has 0 saturated heterocycles. The summed E-state index contributed by atoms with van der Waals surface area (Å²) in [5.74, 6) is -1.85. The summed E-state index contributed by atoms with van der Waals surface area (Å²) >= 11 is 0. The van der Waals surface area contributed by atoms with Gasteiger partial charge in [0, 0.05) is 13.1 Å². The molecule has 0 atom stereocenters. The van der Waals surface area contributed by atoms with Crippen molar-refractivity contribution in [2.24, 2.45) is 0 Å². The van der Waals surface area contributed by atoms with Gasteiger partial charge < -0.3 is 5.32 Å². The molecule has 3 aromatic rings. The van der Waals surface area contributed by atoms with Crippen LogP contribution in [0.5, 0.6) is 0 Å². The summed E-state index contributed by atoms with van der Waals surface area (Å²) in [6.45, 7) is 1.22. The molecule has 170 valence electrons. The molecule has 0 aliphatic rings. The molecular weight excluding hydrogens is 454 g/mol. The maximum Gasteiger partial charge on any atom is 0.435 e. The predicted octanol–water partition coefficient (Wildman–Crippen LogP) is 2.44. The standard InChI is InChI=1S/C19H17F4N5O3S/c1-12-2-8-15(9-3-12)32(30,31)25-11-10-24-18(29)16-17(19(21,22)23)28(27-26-16)14-6-4-13(20)5-7-14/h2-9,25H,10-11H2,1H3,(H,24,29). The van der Waals surface area contributed by atoms with Gasteiger partial charge in [0.05, 0.1) is 10.6 Å². The number of sulfonamides is 1. The zero-order chi connectivity index (χ0) is 23.5. The number of benzene rings is 2. The average Bonchev–Trinajstić information content (AvgIpc) is 3.18. The van der Waals surface area contributed by atoms with E-state index in [9.17, 15) is 30.8 Å². The van der Waals surface area contributed by atoms with E-state index in [4.69, 9.17) is 0 Å². The van der Waals surface area contributed by atoms with Gasteiger partial charge in [-0.15, -0.1) is 5.10 Å². The molecule has 2 aromatic carbocycles. The lowest BCUT2D eigenvalue weighted by atomic mass is 10.2. The molecule has 0 spiro atoms. The third kappa shape index (κ3) is 5.29. The summed E-state index contributed by atoms with van der Waals surface area (Å²) in [5, 5.41) is 8.86. The topological polar surface area (TPSA) is 106 Å². The van der Waals surface area contributed by atoms with Gasteiger partial charge in [-0.3, -0.25) is 4.79 Å². The first-order valence-corrected chi connectivity index (χ1v) is 10.6. The van der Waals surface area contributed by atoms with Crippen molar-refractivity contribution in [1.82, 2.24) is 25.0 Å². The van der Waals surface area contributed by atoms with Gasteiger partial charge in [-0.25, -0.2) is 22.2 Å². The molecule has 2 N–H and O–H groups in total. The molecule has 32 heavy (non-hydrogen) atoms. The van der Waals surface area contributed by atoms with Gasteiger partial charge in [-0.05, 0) is 43.3 Å². The van der Waals surface area contributed by atoms with Gasteiger partial charge in [-0.2, -0.15) is 13.2 Å². The van der Waals surface area contributed by atoms with Crippen LogP contribution in [0.25, 0.3) is 5.69 Å². The number of alkyl halides is 3. The average molecular weight is 471 g/mol. The molecule has 3 rings (SSSR count). The fraction of sp³-hybridized carbons (Fsp3) is 0.211. The number of nitrogens with one attached hydrogen (secondary N) is 2. The predicted molar refractivity (Wildman–Crippen MR) is 105 cm³/mol. The van der Waals surface area contributed by atoms with Gasteiger partial charge in [0.2, 0.25) is 10.0 Å². The molecule has 8 nitrogen and oxygen atoms in total. The summed E-state index contributed by atoms with van der Waals surface area (Å²) in [6, 6.07) is 10.0. The number of rotatable bonds is 7. The smallest absolute Gasteiger partial charge is 0.349 e. The molecule has 0 radical (unpaired) electrons. The minimum Gasteiger partial charge on any atom is -0.349 e. The number of aryl methyl sites for hydroxylation is 1. The van der Waals surface area contributed by atoms with Crippen molar-refractivity contribution in [2.75, 3.05) is 13.1 Å². The van der Waals surface area contributed by atoms with Gasteiger partial charge in [-0.1, -0.05) is 22.9 Å². The highest BCUT2D eigenvalue weighted by atomic mass is 32.2. The first-order valence-electron chi connectivity index (χ1n) is 9.12. The van der Waals surface area contributed by atoms with Gasteiger partial charge in [0.1, 0.15) is 5.82 Å². The van der Waals surface area contributed by atoms with E-state index in [2.05, 4.69) is 20.4 Å². The van der Waals surface area contributed by atoms with Crippen LogP contribution in [0.2, 0.25) is 0 Å². The number of hydrogen-bond donors (Lipinski definition) is 2. The van der Waals surface area contributed by atoms with Crippen molar-refractivity contribution < 1.29 is 30.8 Å². The second-order valence-electron chi connectivity index (χ2n) is 6.64. The first-order chi connectivity index (χ1) is 15.0. The van der Waals surface area contributed by atoms with E-state index >= 15 is 0 Å². The molecule has 0 aliphatic heterocycles.